The monoisotopic (exact) mass is 231 g/mol. The summed E-state index contributed by atoms with van der Waals surface area (Å²) in [5, 5.41) is 20.9. The van der Waals surface area contributed by atoms with Crippen molar-refractivity contribution in [2.45, 2.75) is 0 Å². The maximum Gasteiger partial charge on any atom is 3.00 e. The molecule has 0 bridgehead atoms. The molecule has 0 aliphatic carbocycles. The van der Waals surface area contributed by atoms with Crippen LogP contribution in [-0.4, -0.2) is 68.3 Å². The van der Waals surface area contributed by atoms with Crippen LogP contribution in [0.25, 0.3) is 17.2 Å². The van der Waals surface area contributed by atoms with E-state index in [0.717, 1.165) is 0 Å². The van der Waals surface area contributed by atoms with Crippen LogP contribution in [-0.2, 0) is 0 Å². The molecule has 0 radical (unpaired) electrons. The molecule has 0 aromatic carbocycles. The van der Waals surface area contributed by atoms with Crippen LogP contribution in [0.5, 0.6) is 0 Å². The summed E-state index contributed by atoms with van der Waals surface area (Å²) >= 11 is 0. The van der Waals surface area contributed by atoms with Gasteiger partial charge in [0.25, 0.3) is 0 Å². The van der Waals surface area contributed by atoms with Crippen molar-refractivity contribution in [2.75, 3.05) is 0 Å². The van der Waals surface area contributed by atoms with Crippen LogP contribution in [0.2, 0.25) is 0 Å². The molecule has 3 amide bonds. The number of carbonyl (C=O) groups is 3. The van der Waals surface area contributed by atoms with Crippen molar-refractivity contribution in [1.29, 1.82) is 0 Å². The Morgan fingerprint density at radius 3 is 0.643 bits per heavy atom. The van der Waals surface area contributed by atoms with E-state index in [1.807, 2.05) is 0 Å². The van der Waals surface area contributed by atoms with Crippen molar-refractivity contribution in [3.63, 3.8) is 0 Å². The van der Waals surface area contributed by atoms with Gasteiger partial charge in [-0.15, -0.1) is 0 Å². The summed E-state index contributed by atoms with van der Waals surface area (Å²) in [6.45, 7) is 0. The van der Waals surface area contributed by atoms with Gasteiger partial charge < -0.3 is 46.9 Å². The molecule has 0 heterocycles. The number of rotatable bonds is 0. The second-order valence-corrected chi connectivity index (χ2v) is 0.848. The largest absolute Gasteiger partial charge is 3.00 e. The predicted molar refractivity (Wildman–Crippen MR) is 45.7 cm³/mol. The van der Waals surface area contributed by atoms with E-state index in [1.165, 1.54) is 0 Å². The average molecular weight is 231 g/mol. The molecule has 0 spiro atoms. The van der Waals surface area contributed by atoms with Crippen LogP contribution in [0.15, 0.2) is 0 Å². The van der Waals surface area contributed by atoms with Crippen molar-refractivity contribution in [3.8, 4) is 0 Å². The van der Waals surface area contributed by atoms with Gasteiger partial charge in [0.1, 0.15) is 0 Å². The van der Waals surface area contributed by atoms with Gasteiger partial charge in [-0.3, -0.25) is 0 Å². The Kier molecular flexibility index (Phi) is 47.4. The van der Waals surface area contributed by atoms with Gasteiger partial charge in [-0.05, 0) is 0 Å². The molecule has 0 saturated heterocycles. The van der Waals surface area contributed by atoms with E-state index < -0.39 is 18.3 Å². The molecule has 0 aromatic heterocycles. The Hall–Kier alpha value is -1.13. The van der Waals surface area contributed by atoms with Gasteiger partial charge in [0.2, 0.25) is 0 Å². The van der Waals surface area contributed by atoms with Crippen LogP contribution >= 0.6 is 0 Å². The Labute approximate surface area is 100 Å². The third-order valence-electron chi connectivity index (χ3n) is 0. The Morgan fingerprint density at radius 1 is 0.643 bits per heavy atom. The van der Waals surface area contributed by atoms with Gasteiger partial charge in [-0.1, -0.05) is 0 Å². The van der Waals surface area contributed by atoms with Crippen LogP contribution < -0.4 is 0 Å². The minimum absolute atomic E-state index is 0. The first-order valence-corrected chi connectivity index (χ1v) is 1.95. The summed E-state index contributed by atoms with van der Waals surface area (Å²) in [5.74, 6) is 0. The second-order valence-electron chi connectivity index (χ2n) is 0.848. The second kappa shape index (κ2) is 22.6. The zero-order chi connectivity index (χ0) is 10.7. The van der Waals surface area contributed by atoms with Crippen molar-refractivity contribution in [2.24, 2.45) is 0 Å². The van der Waals surface area contributed by atoms with Crippen molar-refractivity contribution in [1.82, 2.24) is 0 Å². The van der Waals surface area contributed by atoms with E-state index >= 15 is 0 Å². The topological polar surface area (TPSA) is 179 Å². The Morgan fingerprint density at radius 2 is 0.643 bits per heavy atom. The number of carboxylic acid groups (broad SMARTS) is 3. The first-order chi connectivity index (χ1) is 5.20. The van der Waals surface area contributed by atoms with E-state index in [0.29, 0.717) is 0 Å². The number of hydrogen-bond acceptors (Lipinski definition) is 3. The van der Waals surface area contributed by atoms with Crippen molar-refractivity contribution >= 4 is 53.0 Å². The quantitative estimate of drug-likeness (QED) is 0.517. The Balaban J connectivity index is -0.0000000270. The van der Waals surface area contributed by atoms with Crippen molar-refractivity contribution in [3.05, 3.63) is 17.2 Å². The first-order valence-electron chi connectivity index (χ1n) is 1.95. The fourth-order valence-corrected chi connectivity index (χ4v) is 0. The number of amides is 3. The molecule has 14 heavy (non-hydrogen) atoms. The molecule has 72 valence electrons. The standard InChI is InChI=1S/3CHNO2.2Al/c3*2-1(3)4;;/h3*(H,3,4);;/q3*-2;2*+3. The zero-order valence-corrected chi connectivity index (χ0v) is 8.87. The predicted octanol–water partition coefficient (Wildman–Crippen LogP) is 0.746. The fourth-order valence-electron chi connectivity index (χ4n) is 0. The van der Waals surface area contributed by atoms with Crippen LogP contribution in [0.4, 0.5) is 14.4 Å². The molecular formula is C3H3Al2N3O6. The van der Waals surface area contributed by atoms with E-state index in [-0.39, 0.29) is 34.7 Å². The molecule has 0 rings (SSSR count). The maximum absolute atomic E-state index is 8.56. The zero-order valence-electron chi connectivity index (χ0n) is 6.56. The normalized spacial score (nSPS) is 5.14. The van der Waals surface area contributed by atoms with E-state index in [4.69, 9.17) is 46.9 Å². The maximum atomic E-state index is 8.56. The molecular weight excluding hydrogens is 228 g/mol. The molecule has 0 aliphatic rings. The van der Waals surface area contributed by atoms with E-state index in [2.05, 4.69) is 0 Å². The van der Waals surface area contributed by atoms with Gasteiger partial charge in [0, 0.05) is 18.3 Å². The first kappa shape index (κ1) is 29.3. The summed E-state index contributed by atoms with van der Waals surface area (Å²) in [6.07, 6.45) is -5.50. The molecule has 9 nitrogen and oxygen atoms in total. The van der Waals surface area contributed by atoms with Gasteiger partial charge in [-0.25, -0.2) is 0 Å². The SMILES string of the molecule is [Al+3].[Al+3].[N-2]C(=O)O.[N-2]C(=O)O.[N-2]C(=O)O. The summed E-state index contributed by atoms with van der Waals surface area (Å²) in [4.78, 5) is 25.7. The molecule has 0 aliphatic heterocycles. The number of nitrogens with zero attached hydrogens (tertiary/aromatic N) is 3. The molecule has 0 fully saturated rings. The minimum atomic E-state index is -1.83. The summed E-state index contributed by atoms with van der Waals surface area (Å²) in [6, 6.07) is 0. The van der Waals surface area contributed by atoms with Crippen LogP contribution in [0, 0.1) is 0 Å². The summed E-state index contributed by atoms with van der Waals surface area (Å²) in [7, 11) is 0. The van der Waals surface area contributed by atoms with E-state index in [1.54, 1.807) is 0 Å². The van der Waals surface area contributed by atoms with E-state index in [9.17, 15) is 0 Å². The van der Waals surface area contributed by atoms with Gasteiger partial charge in [0.05, 0.1) is 0 Å². The van der Waals surface area contributed by atoms with Gasteiger partial charge in [0.15, 0.2) is 0 Å². The molecule has 0 unspecified atom stereocenters. The molecule has 0 aromatic rings. The Bertz CT molecular complexity index is 124. The summed E-state index contributed by atoms with van der Waals surface area (Å²) in [5.41, 5.74) is 20.9. The third-order valence-corrected chi connectivity index (χ3v) is 0. The molecule has 0 atom stereocenters. The number of hydrogen-bond donors (Lipinski definition) is 3. The molecule has 3 N–H and O–H groups in total. The molecule has 11 heteroatoms. The smallest absolute Gasteiger partial charge is 1.45 e. The van der Waals surface area contributed by atoms with Crippen LogP contribution in [0.1, 0.15) is 0 Å². The van der Waals surface area contributed by atoms with Gasteiger partial charge >= 0.3 is 34.7 Å². The van der Waals surface area contributed by atoms with Crippen LogP contribution in [0.3, 0.4) is 0 Å². The average Bonchev–Trinajstić information content (AvgIpc) is 1.54. The van der Waals surface area contributed by atoms with Crippen molar-refractivity contribution < 1.29 is 29.7 Å². The van der Waals surface area contributed by atoms with Gasteiger partial charge in [-0.2, -0.15) is 0 Å². The minimum Gasteiger partial charge on any atom is -1.45 e. The molecule has 0 saturated carbocycles. The fraction of sp³-hybridized carbons (Fsp3) is 0. The summed E-state index contributed by atoms with van der Waals surface area (Å²) < 4.78 is 0. The third kappa shape index (κ3) is 838.